The van der Waals surface area contributed by atoms with Crippen molar-refractivity contribution in [3.63, 3.8) is 0 Å². The summed E-state index contributed by atoms with van der Waals surface area (Å²) in [6.45, 7) is 0.751. The number of carbonyl (C=O) groups is 2. The van der Waals surface area contributed by atoms with Gasteiger partial charge in [0.1, 0.15) is 5.01 Å². The SMILES string of the molecule is O=C1CCNC(=O)N1Cc1nc(C2CC2)cs1. The van der Waals surface area contributed by atoms with E-state index in [4.69, 9.17) is 0 Å². The molecule has 6 heteroatoms. The maximum atomic E-state index is 11.6. The number of nitrogens with zero attached hydrogens (tertiary/aromatic N) is 2. The molecule has 3 rings (SSSR count). The summed E-state index contributed by atoms with van der Waals surface area (Å²) in [5.74, 6) is 0.503. The molecule has 0 aromatic carbocycles. The lowest BCUT2D eigenvalue weighted by Gasteiger charge is -2.24. The lowest BCUT2D eigenvalue weighted by molar-refractivity contribution is -0.129. The number of imide groups is 1. The van der Waals surface area contributed by atoms with Gasteiger partial charge in [-0.1, -0.05) is 0 Å². The van der Waals surface area contributed by atoms with Gasteiger partial charge in [0.25, 0.3) is 0 Å². The quantitative estimate of drug-likeness (QED) is 0.884. The molecule has 2 fully saturated rings. The normalized spacial score (nSPS) is 20.6. The fraction of sp³-hybridized carbons (Fsp3) is 0.545. The lowest BCUT2D eigenvalue weighted by Crippen LogP contribution is -2.49. The third-order valence-corrected chi connectivity index (χ3v) is 3.87. The first-order valence-electron chi connectivity index (χ1n) is 5.76. The number of hydrogen-bond acceptors (Lipinski definition) is 4. The number of nitrogens with one attached hydrogen (secondary N) is 1. The zero-order valence-electron chi connectivity index (χ0n) is 9.31. The average Bonchev–Trinajstić information content (AvgIpc) is 3.05. The summed E-state index contributed by atoms with van der Waals surface area (Å²) in [5.41, 5.74) is 1.12. The molecule has 17 heavy (non-hydrogen) atoms. The predicted molar refractivity (Wildman–Crippen MR) is 62.7 cm³/mol. The standard InChI is InChI=1S/C11H13N3O2S/c15-10-3-4-12-11(16)14(10)5-9-13-8(6-17-9)7-1-2-7/h6-7H,1-5H2,(H,12,16). The van der Waals surface area contributed by atoms with Crippen LogP contribution >= 0.6 is 11.3 Å². The maximum Gasteiger partial charge on any atom is 0.324 e. The van der Waals surface area contributed by atoms with Crippen LogP contribution in [0.25, 0.3) is 0 Å². The summed E-state index contributed by atoms with van der Waals surface area (Å²) in [7, 11) is 0. The van der Waals surface area contributed by atoms with E-state index < -0.39 is 0 Å². The van der Waals surface area contributed by atoms with Crippen LogP contribution < -0.4 is 5.32 Å². The summed E-state index contributed by atoms with van der Waals surface area (Å²) in [5, 5.41) is 5.55. The zero-order valence-corrected chi connectivity index (χ0v) is 10.1. The zero-order chi connectivity index (χ0) is 11.8. The van der Waals surface area contributed by atoms with Crippen molar-refractivity contribution >= 4 is 23.3 Å². The number of carbonyl (C=O) groups excluding carboxylic acids is 2. The Balaban J connectivity index is 1.71. The molecule has 0 atom stereocenters. The van der Waals surface area contributed by atoms with E-state index in [0.717, 1.165) is 10.7 Å². The topological polar surface area (TPSA) is 62.3 Å². The molecule has 3 amide bonds. The van der Waals surface area contributed by atoms with Crippen molar-refractivity contribution in [2.45, 2.75) is 31.7 Å². The van der Waals surface area contributed by atoms with E-state index in [9.17, 15) is 9.59 Å². The van der Waals surface area contributed by atoms with E-state index in [2.05, 4.69) is 10.3 Å². The van der Waals surface area contributed by atoms with Gasteiger partial charge in [-0.2, -0.15) is 0 Å². The second-order valence-electron chi connectivity index (χ2n) is 4.40. The molecule has 5 nitrogen and oxygen atoms in total. The van der Waals surface area contributed by atoms with Gasteiger partial charge >= 0.3 is 6.03 Å². The Bertz CT molecular complexity index is 451. The van der Waals surface area contributed by atoms with Gasteiger partial charge in [-0.15, -0.1) is 11.3 Å². The minimum Gasteiger partial charge on any atom is -0.337 e. The van der Waals surface area contributed by atoms with Gasteiger partial charge in [-0.3, -0.25) is 9.69 Å². The number of hydrogen-bond donors (Lipinski definition) is 1. The van der Waals surface area contributed by atoms with E-state index in [1.54, 1.807) is 0 Å². The Morgan fingerprint density at radius 3 is 3.00 bits per heavy atom. The molecule has 1 N–H and O–H groups in total. The van der Waals surface area contributed by atoms with Crippen LogP contribution in [0.3, 0.4) is 0 Å². The molecule has 1 aromatic heterocycles. The van der Waals surface area contributed by atoms with Gasteiger partial charge in [0.2, 0.25) is 5.91 Å². The molecule has 0 radical (unpaired) electrons. The van der Waals surface area contributed by atoms with Crippen LogP contribution in [-0.4, -0.2) is 28.4 Å². The molecule has 0 bridgehead atoms. The summed E-state index contributed by atoms with van der Waals surface area (Å²) in [4.78, 5) is 28.9. The maximum absolute atomic E-state index is 11.6. The molecule has 1 saturated heterocycles. The molecular weight excluding hydrogens is 238 g/mol. The van der Waals surface area contributed by atoms with Gasteiger partial charge in [0.05, 0.1) is 12.2 Å². The van der Waals surface area contributed by atoms with Crippen LogP contribution in [-0.2, 0) is 11.3 Å². The highest BCUT2D eigenvalue weighted by molar-refractivity contribution is 7.09. The van der Waals surface area contributed by atoms with E-state index in [1.165, 1.54) is 29.1 Å². The minimum absolute atomic E-state index is 0.114. The van der Waals surface area contributed by atoms with Crippen molar-refractivity contribution in [1.82, 2.24) is 15.2 Å². The van der Waals surface area contributed by atoms with Crippen LogP contribution in [0.2, 0.25) is 0 Å². The summed E-state index contributed by atoms with van der Waals surface area (Å²) < 4.78 is 0. The van der Waals surface area contributed by atoms with Crippen molar-refractivity contribution in [2.75, 3.05) is 6.54 Å². The minimum atomic E-state index is -0.301. The molecule has 90 valence electrons. The lowest BCUT2D eigenvalue weighted by atomic mass is 10.3. The molecule has 1 aliphatic heterocycles. The Morgan fingerprint density at radius 1 is 1.47 bits per heavy atom. The number of rotatable bonds is 3. The van der Waals surface area contributed by atoms with Crippen molar-refractivity contribution < 1.29 is 9.59 Å². The smallest absolute Gasteiger partial charge is 0.324 e. The highest BCUT2D eigenvalue weighted by Gasteiger charge is 2.29. The number of aromatic nitrogens is 1. The summed E-state index contributed by atoms with van der Waals surface area (Å²) >= 11 is 1.53. The number of urea groups is 1. The Kier molecular flexibility index (Phi) is 2.58. The summed E-state index contributed by atoms with van der Waals surface area (Å²) in [6.07, 6.45) is 2.81. The van der Waals surface area contributed by atoms with Gasteiger partial charge in [-0.05, 0) is 12.8 Å². The van der Waals surface area contributed by atoms with Gasteiger partial charge < -0.3 is 5.32 Å². The fourth-order valence-electron chi connectivity index (χ4n) is 1.88. The highest BCUT2D eigenvalue weighted by Crippen LogP contribution is 2.40. The van der Waals surface area contributed by atoms with E-state index in [-0.39, 0.29) is 11.9 Å². The van der Waals surface area contributed by atoms with E-state index in [0.29, 0.717) is 25.4 Å². The van der Waals surface area contributed by atoms with E-state index in [1.807, 2.05) is 5.38 Å². The van der Waals surface area contributed by atoms with Crippen LogP contribution in [0.15, 0.2) is 5.38 Å². The van der Waals surface area contributed by atoms with Gasteiger partial charge in [0.15, 0.2) is 0 Å². The van der Waals surface area contributed by atoms with Crippen molar-refractivity contribution in [1.29, 1.82) is 0 Å². The fourth-order valence-corrected chi connectivity index (χ4v) is 2.74. The molecule has 0 spiro atoms. The van der Waals surface area contributed by atoms with Crippen molar-refractivity contribution in [3.8, 4) is 0 Å². The first-order valence-corrected chi connectivity index (χ1v) is 6.64. The van der Waals surface area contributed by atoms with Crippen molar-refractivity contribution in [2.24, 2.45) is 0 Å². The van der Waals surface area contributed by atoms with Crippen molar-refractivity contribution in [3.05, 3.63) is 16.1 Å². The second-order valence-corrected chi connectivity index (χ2v) is 5.34. The van der Waals surface area contributed by atoms with Crippen LogP contribution in [0.1, 0.15) is 35.9 Å². The Hall–Kier alpha value is -1.43. The molecule has 2 heterocycles. The van der Waals surface area contributed by atoms with E-state index >= 15 is 0 Å². The van der Waals surface area contributed by atoms with Gasteiger partial charge in [-0.25, -0.2) is 9.78 Å². The Labute approximate surface area is 103 Å². The third-order valence-electron chi connectivity index (χ3n) is 3.02. The third kappa shape index (κ3) is 2.17. The number of thiazole rings is 1. The first-order chi connectivity index (χ1) is 8.24. The number of amides is 3. The van der Waals surface area contributed by atoms with Gasteiger partial charge in [0, 0.05) is 24.3 Å². The monoisotopic (exact) mass is 251 g/mol. The average molecular weight is 251 g/mol. The Morgan fingerprint density at radius 2 is 2.29 bits per heavy atom. The predicted octanol–water partition coefficient (Wildman–Crippen LogP) is 1.46. The molecule has 1 saturated carbocycles. The summed E-state index contributed by atoms with van der Waals surface area (Å²) in [6, 6.07) is -0.301. The van der Waals surface area contributed by atoms with Crippen LogP contribution in [0.5, 0.6) is 0 Å². The molecular formula is C11H13N3O2S. The van der Waals surface area contributed by atoms with Crippen LogP contribution in [0.4, 0.5) is 4.79 Å². The largest absolute Gasteiger partial charge is 0.337 e. The van der Waals surface area contributed by atoms with Crippen LogP contribution in [0, 0.1) is 0 Å². The second kappa shape index (κ2) is 4.10. The molecule has 1 aromatic rings. The molecule has 1 aliphatic carbocycles. The molecule has 0 unspecified atom stereocenters. The first kappa shape index (κ1) is 10.7. The highest BCUT2D eigenvalue weighted by atomic mass is 32.1. The molecule has 2 aliphatic rings.